The summed E-state index contributed by atoms with van der Waals surface area (Å²) >= 11 is 0. The Bertz CT molecular complexity index is 555. The van der Waals surface area contributed by atoms with Gasteiger partial charge < -0.3 is 0 Å². The molecule has 3 rings (SSSR count). The summed E-state index contributed by atoms with van der Waals surface area (Å²) < 4.78 is 0. The predicted molar refractivity (Wildman–Crippen MR) is 80.3 cm³/mol. The average molecular weight is 286 g/mol. The van der Waals surface area contributed by atoms with Crippen molar-refractivity contribution in [2.45, 2.75) is 39.0 Å². The number of hydrazine groups is 1. The number of nitrogens with one attached hydrogen (secondary N) is 2. The van der Waals surface area contributed by atoms with Gasteiger partial charge in [-0.1, -0.05) is 24.6 Å². The first-order valence-corrected chi connectivity index (χ1v) is 7.78. The Morgan fingerprint density at radius 2 is 1.95 bits per heavy atom. The van der Waals surface area contributed by atoms with Gasteiger partial charge in [-0.2, -0.15) is 0 Å². The van der Waals surface area contributed by atoms with E-state index < -0.39 is 0 Å². The zero-order valence-corrected chi connectivity index (χ0v) is 12.4. The Balaban J connectivity index is 1.48. The maximum Gasteiger partial charge on any atom is 0.269 e. The van der Waals surface area contributed by atoms with Crippen LogP contribution in [-0.2, 0) is 4.79 Å². The van der Waals surface area contributed by atoms with Crippen LogP contribution in [0.1, 0.15) is 48.0 Å². The molecule has 2 aliphatic carbocycles. The molecule has 0 spiro atoms. The monoisotopic (exact) mass is 286 g/mol. The van der Waals surface area contributed by atoms with Crippen molar-refractivity contribution in [1.29, 1.82) is 0 Å². The molecule has 21 heavy (non-hydrogen) atoms. The molecule has 0 unspecified atom stereocenters. The number of carbonyl (C=O) groups is 2. The van der Waals surface area contributed by atoms with Gasteiger partial charge in [0.05, 0.1) is 0 Å². The van der Waals surface area contributed by atoms with Crippen molar-refractivity contribution >= 4 is 11.8 Å². The molecule has 3 atom stereocenters. The van der Waals surface area contributed by atoms with E-state index in [0.717, 1.165) is 17.4 Å². The van der Waals surface area contributed by atoms with E-state index in [1.165, 1.54) is 25.7 Å². The number of fused-ring (bicyclic) bond motifs is 2. The lowest BCUT2D eigenvalue weighted by molar-refractivity contribution is -0.123. The van der Waals surface area contributed by atoms with E-state index in [1.54, 1.807) is 6.07 Å². The first-order valence-electron chi connectivity index (χ1n) is 7.78. The van der Waals surface area contributed by atoms with E-state index in [2.05, 4.69) is 10.9 Å². The third-order valence-corrected chi connectivity index (χ3v) is 5.04. The molecule has 0 aromatic heterocycles. The summed E-state index contributed by atoms with van der Waals surface area (Å²) in [4.78, 5) is 24.0. The van der Waals surface area contributed by atoms with Crippen molar-refractivity contribution in [3.63, 3.8) is 0 Å². The maximum atomic E-state index is 12.0. The lowest BCUT2D eigenvalue weighted by Crippen LogP contribution is -2.42. The Hall–Kier alpha value is -1.84. The van der Waals surface area contributed by atoms with E-state index in [4.69, 9.17) is 0 Å². The molecule has 0 saturated heterocycles. The molecule has 4 heteroatoms. The van der Waals surface area contributed by atoms with Crippen molar-refractivity contribution in [2.24, 2.45) is 17.8 Å². The number of rotatable bonds is 3. The predicted octanol–water partition coefficient (Wildman–Crippen LogP) is 2.58. The third-order valence-electron chi connectivity index (χ3n) is 5.04. The highest BCUT2D eigenvalue weighted by Gasteiger charge is 2.40. The third kappa shape index (κ3) is 3.09. The molecule has 2 saturated carbocycles. The highest BCUT2D eigenvalue weighted by molar-refractivity contribution is 5.96. The largest absolute Gasteiger partial charge is 0.273 e. The van der Waals surface area contributed by atoms with Crippen LogP contribution in [0.4, 0.5) is 0 Å². The van der Waals surface area contributed by atoms with Crippen LogP contribution in [0.25, 0.3) is 0 Å². The molecule has 0 aliphatic heterocycles. The van der Waals surface area contributed by atoms with Gasteiger partial charge in [-0.25, -0.2) is 0 Å². The summed E-state index contributed by atoms with van der Waals surface area (Å²) in [5, 5.41) is 0. The van der Waals surface area contributed by atoms with E-state index >= 15 is 0 Å². The maximum absolute atomic E-state index is 12.0. The molecule has 1 aromatic carbocycles. The molecule has 2 amide bonds. The Morgan fingerprint density at radius 3 is 2.62 bits per heavy atom. The minimum atomic E-state index is -0.255. The van der Waals surface area contributed by atoms with Gasteiger partial charge in [-0.3, -0.25) is 20.4 Å². The Morgan fingerprint density at radius 1 is 1.14 bits per heavy atom. The second-order valence-corrected chi connectivity index (χ2v) is 6.46. The quantitative estimate of drug-likeness (QED) is 0.839. The number of carbonyl (C=O) groups excluding carboxylic acids is 2. The number of aryl methyl sites for hydroxylation is 1. The van der Waals surface area contributed by atoms with Crippen molar-refractivity contribution in [2.75, 3.05) is 0 Å². The minimum absolute atomic E-state index is 0.0746. The molecule has 2 N–H and O–H groups in total. The zero-order valence-electron chi connectivity index (χ0n) is 12.4. The number of amides is 2. The van der Waals surface area contributed by atoms with Crippen LogP contribution in [0.3, 0.4) is 0 Å². The van der Waals surface area contributed by atoms with E-state index in [0.29, 0.717) is 17.9 Å². The van der Waals surface area contributed by atoms with Gasteiger partial charge in [0.25, 0.3) is 5.91 Å². The summed E-state index contributed by atoms with van der Waals surface area (Å²) in [6.07, 6.45) is 5.64. The zero-order chi connectivity index (χ0) is 14.8. The molecule has 2 bridgehead atoms. The van der Waals surface area contributed by atoms with Gasteiger partial charge in [0, 0.05) is 12.0 Å². The first kappa shape index (κ1) is 14.1. The topological polar surface area (TPSA) is 58.2 Å². The molecule has 0 radical (unpaired) electrons. The fraction of sp³-hybridized carbons (Fsp3) is 0.529. The normalized spacial score (nSPS) is 26.6. The fourth-order valence-corrected chi connectivity index (χ4v) is 3.94. The molecule has 4 nitrogen and oxygen atoms in total. The summed E-state index contributed by atoms with van der Waals surface area (Å²) in [6, 6.07) is 7.34. The smallest absolute Gasteiger partial charge is 0.269 e. The van der Waals surface area contributed by atoms with Gasteiger partial charge >= 0.3 is 0 Å². The van der Waals surface area contributed by atoms with Crippen LogP contribution < -0.4 is 10.9 Å². The van der Waals surface area contributed by atoms with Crippen LogP contribution >= 0.6 is 0 Å². The Kier molecular flexibility index (Phi) is 3.95. The van der Waals surface area contributed by atoms with Gasteiger partial charge in [0.15, 0.2) is 0 Å². The summed E-state index contributed by atoms with van der Waals surface area (Å²) in [5.41, 5.74) is 6.57. The van der Waals surface area contributed by atoms with Crippen molar-refractivity contribution < 1.29 is 9.59 Å². The number of hydrogen-bond donors (Lipinski definition) is 2. The lowest BCUT2D eigenvalue weighted by Gasteiger charge is -2.21. The highest BCUT2D eigenvalue weighted by atomic mass is 16.2. The van der Waals surface area contributed by atoms with E-state index in [9.17, 15) is 9.59 Å². The van der Waals surface area contributed by atoms with E-state index in [-0.39, 0.29) is 11.8 Å². The lowest BCUT2D eigenvalue weighted by atomic mass is 9.86. The van der Waals surface area contributed by atoms with Gasteiger partial charge in [-0.05, 0) is 55.6 Å². The summed E-state index contributed by atoms with van der Waals surface area (Å²) in [7, 11) is 0. The molecule has 2 fully saturated rings. The Labute approximate surface area is 125 Å². The van der Waals surface area contributed by atoms with Crippen molar-refractivity contribution in [1.82, 2.24) is 10.9 Å². The highest BCUT2D eigenvalue weighted by Crippen LogP contribution is 2.49. The van der Waals surface area contributed by atoms with E-state index in [1.807, 2.05) is 25.1 Å². The molecule has 0 heterocycles. The van der Waals surface area contributed by atoms with Gasteiger partial charge in [0.1, 0.15) is 0 Å². The van der Waals surface area contributed by atoms with Crippen LogP contribution in [-0.4, -0.2) is 11.8 Å². The molecule has 2 aliphatic rings. The molecular formula is C17H22N2O2. The van der Waals surface area contributed by atoms with Crippen LogP contribution in [0.15, 0.2) is 24.3 Å². The first-order chi connectivity index (χ1) is 10.1. The second-order valence-electron chi connectivity index (χ2n) is 6.46. The minimum Gasteiger partial charge on any atom is -0.273 e. The molecule has 112 valence electrons. The number of hydrogen-bond acceptors (Lipinski definition) is 2. The van der Waals surface area contributed by atoms with Crippen molar-refractivity contribution in [3.8, 4) is 0 Å². The van der Waals surface area contributed by atoms with Crippen LogP contribution in [0.2, 0.25) is 0 Å². The molecular weight excluding hydrogens is 264 g/mol. The summed E-state index contributed by atoms with van der Waals surface area (Å²) in [6.45, 7) is 1.88. The van der Waals surface area contributed by atoms with Crippen molar-refractivity contribution in [3.05, 3.63) is 35.4 Å². The van der Waals surface area contributed by atoms with Gasteiger partial charge in [-0.15, -0.1) is 0 Å². The van der Waals surface area contributed by atoms with Crippen LogP contribution in [0.5, 0.6) is 0 Å². The average Bonchev–Trinajstić information content (AvgIpc) is 3.08. The van der Waals surface area contributed by atoms with Crippen LogP contribution in [0, 0.1) is 24.7 Å². The summed E-state index contributed by atoms with van der Waals surface area (Å²) in [5.74, 6) is 1.75. The fourth-order valence-electron chi connectivity index (χ4n) is 3.94. The second kappa shape index (κ2) is 5.88. The van der Waals surface area contributed by atoms with Gasteiger partial charge in [0.2, 0.25) is 5.91 Å². The molecule has 1 aromatic rings. The SMILES string of the molecule is Cc1ccccc1C(=O)NNC(=O)C[C@@H]1C[C@H]2CC[C@H]1C2. The standard InChI is InChI=1S/C17H22N2O2/c1-11-4-2-3-5-15(11)17(21)19-18-16(20)10-14-9-12-6-7-13(14)8-12/h2-5,12-14H,6-10H2,1H3,(H,18,20)(H,19,21)/t12-,13-,14-/m0/s1. The number of benzene rings is 1.